The summed E-state index contributed by atoms with van der Waals surface area (Å²) < 4.78 is 5.07. The smallest absolute Gasteiger partial charge is 0.220 e. The molecule has 2 rings (SSSR count). The van der Waals surface area contributed by atoms with Crippen LogP contribution in [0.5, 0.6) is 0 Å². The van der Waals surface area contributed by atoms with Gasteiger partial charge in [-0.1, -0.05) is 0 Å². The molecular formula is C15H24N4O2. The molecule has 0 aliphatic carbocycles. The van der Waals surface area contributed by atoms with Crippen molar-refractivity contribution in [2.75, 3.05) is 33.9 Å². The van der Waals surface area contributed by atoms with E-state index in [2.05, 4.69) is 9.88 Å². The van der Waals surface area contributed by atoms with Gasteiger partial charge in [0.2, 0.25) is 5.91 Å². The lowest BCUT2D eigenvalue weighted by molar-refractivity contribution is -0.129. The third-order valence-electron chi connectivity index (χ3n) is 3.81. The molecule has 2 heterocycles. The summed E-state index contributed by atoms with van der Waals surface area (Å²) in [6, 6.07) is 0.0826. The summed E-state index contributed by atoms with van der Waals surface area (Å²) in [5, 5.41) is 0. The lowest BCUT2D eigenvalue weighted by atomic mass is 10.1. The second-order valence-electron chi connectivity index (χ2n) is 5.54. The Bertz CT molecular complexity index is 480. The standard InChI is InChI=1S/C15H24N4O2/c1-12(20)19-6-4-5-15(19)14-10-16-9-13(17-14)11-18(2)7-8-21-3/h9-10,15H,4-8,11H2,1-3H3. The van der Waals surface area contributed by atoms with Gasteiger partial charge in [0, 0.05) is 39.9 Å². The van der Waals surface area contributed by atoms with E-state index in [1.54, 1.807) is 26.4 Å². The number of hydrogen-bond acceptors (Lipinski definition) is 5. The summed E-state index contributed by atoms with van der Waals surface area (Å²) in [5.41, 5.74) is 1.84. The molecule has 1 unspecified atom stereocenters. The van der Waals surface area contributed by atoms with Crippen LogP contribution in [0.2, 0.25) is 0 Å². The van der Waals surface area contributed by atoms with Crippen LogP contribution in [0.15, 0.2) is 12.4 Å². The van der Waals surface area contributed by atoms with Gasteiger partial charge in [0.15, 0.2) is 0 Å². The Morgan fingerprint density at radius 3 is 3.05 bits per heavy atom. The fourth-order valence-electron chi connectivity index (χ4n) is 2.71. The molecule has 1 aliphatic heterocycles. The van der Waals surface area contributed by atoms with Crippen molar-refractivity contribution in [1.82, 2.24) is 19.8 Å². The minimum atomic E-state index is 0.0826. The Morgan fingerprint density at radius 1 is 1.52 bits per heavy atom. The number of amides is 1. The van der Waals surface area contributed by atoms with Gasteiger partial charge in [-0.05, 0) is 19.9 Å². The van der Waals surface area contributed by atoms with Crippen LogP contribution in [-0.4, -0.2) is 59.5 Å². The highest BCUT2D eigenvalue weighted by molar-refractivity contribution is 5.74. The van der Waals surface area contributed by atoms with Gasteiger partial charge in [-0.25, -0.2) is 0 Å². The summed E-state index contributed by atoms with van der Waals surface area (Å²) >= 11 is 0. The van der Waals surface area contributed by atoms with Crippen LogP contribution in [0.4, 0.5) is 0 Å². The fourth-order valence-corrected chi connectivity index (χ4v) is 2.71. The van der Waals surface area contributed by atoms with Crippen LogP contribution in [0.1, 0.15) is 37.2 Å². The molecule has 0 N–H and O–H groups in total. The highest BCUT2D eigenvalue weighted by Gasteiger charge is 2.29. The van der Waals surface area contributed by atoms with Crippen LogP contribution in [0.3, 0.4) is 0 Å². The van der Waals surface area contributed by atoms with E-state index in [1.807, 2.05) is 11.9 Å². The molecule has 1 amide bonds. The van der Waals surface area contributed by atoms with E-state index in [1.165, 1.54) is 0 Å². The van der Waals surface area contributed by atoms with Crippen molar-refractivity contribution < 1.29 is 9.53 Å². The first kappa shape index (κ1) is 15.9. The Balaban J connectivity index is 2.05. The number of likely N-dealkylation sites (tertiary alicyclic amines) is 1. The zero-order valence-corrected chi connectivity index (χ0v) is 13.1. The summed E-state index contributed by atoms with van der Waals surface area (Å²) in [4.78, 5) is 24.7. The predicted octanol–water partition coefficient (Wildman–Crippen LogP) is 1.24. The molecule has 6 nitrogen and oxygen atoms in total. The Morgan fingerprint density at radius 2 is 2.33 bits per heavy atom. The number of aromatic nitrogens is 2. The number of rotatable bonds is 6. The molecule has 0 spiro atoms. The molecule has 0 bridgehead atoms. The number of ether oxygens (including phenoxy) is 1. The van der Waals surface area contributed by atoms with Crippen molar-refractivity contribution in [3.8, 4) is 0 Å². The number of nitrogens with zero attached hydrogens (tertiary/aromatic N) is 4. The minimum absolute atomic E-state index is 0.0826. The van der Waals surface area contributed by atoms with Gasteiger partial charge < -0.3 is 9.64 Å². The van der Waals surface area contributed by atoms with Crippen LogP contribution in [0, 0.1) is 0 Å². The zero-order valence-electron chi connectivity index (χ0n) is 13.1. The van der Waals surface area contributed by atoms with Crippen molar-refractivity contribution in [2.24, 2.45) is 0 Å². The quantitative estimate of drug-likeness (QED) is 0.789. The lowest BCUT2D eigenvalue weighted by Gasteiger charge is -2.23. The first-order valence-electron chi connectivity index (χ1n) is 7.37. The van der Waals surface area contributed by atoms with Crippen molar-refractivity contribution >= 4 is 5.91 Å². The van der Waals surface area contributed by atoms with Gasteiger partial charge in [-0.3, -0.25) is 19.7 Å². The number of hydrogen-bond donors (Lipinski definition) is 0. The molecule has 0 saturated carbocycles. The molecule has 1 aromatic heterocycles. The lowest BCUT2D eigenvalue weighted by Crippen LogP contribution is -2.29. The monoisotopic (exact) mass is 292 g/mol. The van der Waals surface area contributed by atoms with Gasteiger partial charge in [0.25, 0.3) is 0 Å². The normalized spacial score (nSPS) is 18.5. The van der Waals surface area contributed by atoms with E-state index < -0.39 is 0 Å². The molecule has 0 aromatic carbocycles. The second-order valence-corrected chi connectivity index (χ2v) is 5.54. The topological polar surface area (TPSA) is 58.6 Å². The van der Waals surface area contributed by atoms with E-state index >= 15 is 0 Å². The maximum atomic E-state index is 11.7. The number of methoxy groups -OCH3 is 1. The molecular weight excluding hydrogens is 268 g/mol. The minimum Gasteiger partial charge on any atom is -0.383 e. The van der Waals surface area contributed by atoms with Crippen LogP contribution in [-0.2, 0) is 16.1 Å². The maximum absolute atomic E-state index is 11.7. The van der Waals surface area contributed by atoms with Gasteiger partial charge in [0.1, 0.15) is 0 Å². The van der Waals surface area contributed by atoms with Gasteiger partial charge >= 0.3 is 0 Å². The van der Waals surface area contributed by atoms with E-state index in [9.17, 15) is 4.79 Å². The number of likely N-dealkylation sites (N-methyl/N-ethyl adjacent to an activating group) is 1. The molecule has 1 aliphatic rings. The molecule has 1 atom stereocenters. The third-order valence-corrected chi connectivity index (χ3v) is 3.81. The molecule has 6 heteroatoms. The summed E-state index contributed by atoms with van der Waals surface area (Å²) in [6.45, 7) is 4.72. The SMILES string of the molecule is COCCN(C)Cc1cncc(C2CCCN2C(C)=O)n1. The highest BCUT2D eigenvalue weighted by Crippen LogP contribution is 2.30. The van der Waals surface area contributed by atoms with E-state index in [4.69, 9.17) is 9.72 Å². The van der Waals surface area contributed by atoms with E-state index in [0.717, 1.165) is 43.9 Å². The highest BCUT2D eigenvalue weighted by atomic mass is 16.5. The molecule has 1 aromatic rings. The summed E-state index contributed by atoms with van der Waals surface area (Å²) in [5.74, 6) is 0.113. The molecule has 1 fully saturated rings. The first-order valence-corrected chi connectivity index (χ1v) is 7.37. The van der Waals surface area contributed by atoms with E-state index in [-0.39, 0.29) is 11.9 Å². The molecule has 0 radical (unpaired) electrons. The van der Waals surface area contributed by atoms with Crippen molar-refractivity contribution in [1.29, 1.82) is 0 Å². The van der Waals surface area contributed by atoms with E-state index in [0.29, 0.717) is 6.61 Å². The summed E-state index contributed by atoms with van der Waals surface area (Å²) in [6.07, 6.45) is 5.57. The molecule has 21 heavy (non-hydrogen) atoms. The van der Waals surface area contributed by atoms with Gasteiger partial charge in [-0.15, -0.1) is 0 Å². The predicted molar refractivity (Wildman–Crippen MR) is 79.6 cm³/mol. The number of carbonyl (C=O) groups excluding carboxylic acids is 1. The van der Waals surface area contributed by atoms with Gasteiger partial charge in [-0.2, -0.15) is 0 Å². The Kier molecular flexibility index (Phi) is 5.64. The largest absolute Gasteiger partial charge is 0.383 e. The fraction of sp³-hybridized carbons (Fsp3) is 0.667. The van der Waals surface area contributed by atoms with Crippen LogP contribution < -0.4 is 0 Å². The summed E-state index contributed by atoms with van der Waals surface area (Å²) in [7, 11) is 3.73. The van der Waals surface area contributed by atoms with Gasteiger partial charge in [0.05, 0.1) is 30.2 Å². The maximum Gasteiger partial charge on any atom is 0.220 e. The van der Waals surface area contributed by atoms with Crippen molar-refractivity contribution in [3.05, 3.63) is 23.8 Å². The van der Waals surface area contributed by atoms with Crippen LogP contribution in [0.25, 0.3) is 0 Å². The zero-order chi connectivity index (χ0) is 15.2. The average molecular weight is 292 g/mol. The van der Waals surface area contributed by atoms with Crippen molar-refractivity contribution in [2.45, 2.75) is 32.4 Å². The first-order chi connectivity index (χ1) is 10.1. The molecule has 1 saturated heterocycles. The molecule has 116 valence electrons. The Hall–Kier alpha value is -1.53. The van der Waals surface area contributed by atoms with Crippen molar-refractivity contribution in [3.63, 3.8) is 0 Å². The second kappa shape index (κ2) is 7.47. The number of carbonyl (C=O) groups is 1. The average Bonchev–Trinajstić information content (AvgIpc) is 2.95. The van der Waals surface area contributed by atoms with Crippen LogP contribution >= 0.6 is 0 Å². The third kappa shape index (κ3) is 4.22. The Labute approximate surface area is 126 Å².